The topological polar surface area (TPSA) is 89.8 Å². The molecule has 0 saturated carbocycles. The lowest BCUT2D eigenvalue weighted by Crippen LogP contribution is -2.55. The van der Waals surface area contributed by atoms with Crippen LogP contribution in [0.5, 0.6) is 0 Å². The predicted molar refractivity (Wildman–Crippen MR) is 48.1 cm³/mol. The largest absolute Gasteiger partial charge is 0.388 e. The smallest absolute Gasteiger partial charge is 0.217 e. The molecule has 0 aromatic carbocycles. The number of carbonyl (C=O) groups excluding carboxylic acids is 1. The highest BCUT2D eigenvalue weighted by atomic mass is 32.2. The molecule has 1 saturated heterocycles. The van der Waals surface area contributed by atoms with Crippen molar-refractivity contribution in [1.82, 2.24) is 5.32 Å². The quantitative estimate of drug-likeness (QED) is 0.410. The summed E-state index contributed by atoms with van der Waals surface area (Å²) in [6.07, 6.45) is -2.30. The molecule has 1 aliphatic rings. The van der Waals surface area contributed by atoms with Crippen LogP contribution in [0.4, 0.5) is 0 Å². The Morgan fingerprint density at radius 1 is 1.38 bits per heavy atom. The second-order valence-corrected chi connectivity index (χ2v) is 4.16. The Morgan fingerprint density at radius 2 is 2.00 bits per heavy atom. The lowest BCUT2D eigenvalue weighted by molar-refractivity contribution is -0.121. The fraction of sp³-hybridized carbons (Fsp3) is 0.857. The van der Waals surface area contributed by atoms with Crippen LogP contribution in [0.25, 0.3) is 0 Å². The molecule has 1 unspecified atom stereocenters. The number of carbonyl (C=O) groups is 1. The molecule has 4 N–H and O–H groups in total. The first-order valence-electron chi connectivity index (χ1n) is 3.95. The summed E-state index contributed by atoms with van der Waals surface area (Å²) >= 11 is 1.11. The van der Waals surface area contributed by atoms with Gasteiger partial charge in [-0.25, -0.2) is 0 Å². The Hall–Kier alpha value is -0.300. The Bertz CT molecular complexity index is 201. The average molecular weight is 207 g/mol. The molecule has 13 heavy (non-hydrogen) atoms. The number of amides is 1. The van der Waals surface area contributed by atoms with Crippen LogP contribution >= 0.6 is 11.8 Å². The summed E-state index contributed by atoms with van der Waals surface area (Å²) in [5, 5.41) is 30.3. The van der Waals surface area contributed by atoms with Gasteiger partial charge in [-0.2, -0.15) is 0 Å². The second kappa shape index (κ2) is 4.28. The molecule has 1 heterocycles. The minimum Gasteiger partial charge on any atom is -0.388 e. The molecule has 0 aromatic heterocycles. The van der Waals surface area contributed by atoms with Crippen molar-refractivity contribution in [2.75, 3.05) is 5.75 Å². The molecule has 4 atom stereocenters. The van der Waals surface area contributed by atoms with Crippen molar-refractivity contribution in [3.8, 4) is 0 Å². The van der Waals surface area contributed by atoms with E-state index in [2.05, 4.69) is 5.32 Å². The molecular formula is C7H13NO4S. The van der Waals surface area contributed by atoms with Crippen molar-refractivity contribution in [2.45, 2.75) is 30.6 Å². The lowest BCUT2D eigenvalue weighted by atomic mass is 10.1. The summed E-state index contributed by atoms with van der Waals surface area (Å²) < 4.78 is 0. The molecule has 0 bridgehead atoms. The minimum atomic E-state index is -1.20. The zero-order valence-electron chi connectivity index (χ0n) is 7.17. The van der Waals surface area contributed by atoms with E-state index < -0.39 is 23.7 Å². The van der Waals surface area contributed by atoms with Gasteiger partial charge in [0.1, 0.15) is 17.6 Å². The molecular weight excluding hydrogens is 194 g/mol. The van der Waals surface area contributed by atoms with E-state index in [4.69, 9.17) is 5.11 Å². The summed E-state index contributed by atoms with van der Waals surface area (Å²) in [6.45, 7) is 1.34. The summed E-state index contributed by atoms with van der Waals surface area (Å²) in [6, 6.07) is -0.485. The van der Waals surface area contributed by atoms with E-state index in [1.54, 1.807) is 0 Å². The van der Waals surface area contributed by atoms with Crippen LogP contribution in [0.2, 0.25) is 0 Å². The first-order chi connectivity index (χ1) is 6.02. The van der Waals surface area contributed by atoms with Crippen LogP contribution in [-0.4, -0.2) is 50.7 Å². The van der Waals surface area contributed by atoms with Gasteiger partial charge >= 0.3 is 0 Å². The summed E-state index contributed by atoms with van der Waals surface area (Å²) in [4.78, 5) is 10.7. The molecule has 0 aromatic rings. The fourth-order valence-corrected chi connectivity index (χ4v) is 2.24. The van der Waals surface area contributed by atoms with Crippen LogP contribution in [0, 0.1) is 0 Å². The number of nitrogens with one attached hydrogen (secondary N) is 1. The van der Waals surface area contributed by atoms with E-state index >= 15 is 0 Å². The van der Waals surface area contributed by atoms with E-state index in [9.17, 15) is 15.0 Å². The van der Waals surface area contributed by atoms with Gasteiger partial charge in [0.15, 0.2) is 0 Å². The first-order valence-corrected chi connectivity index (χ1v) is 5.00. The highest BCUT2D eigenvalue weighted by Crippen LogP contribution is 2.24. The van der Waals surface area contributed by atoms with Gasteiger partial charge < -0.3 is 20.6 Å². The molecule has 1 aliphatic heterocycles. The number of hydrogen-bond donors (Lipinski definition) is 4. The van der Waals surface area contributed by atoms with Crippen LogP contribution in [-0.2, 0) is 4.79 Å². The van der Waals surface area contributed by atoms with Crippen LogP contribution in [0.15, 0.2) is 0 Å². The Labute approximate surface area is 80.1 Å². The van der Waals surface area contributed by atoms with E-state index in [1.165, 1.54) is 6.92 Å². The van der Waals surface area contributed by atoms with Gasteiger partial charge in [-0.1, -0.05) is 0 Å². The molecule has 76 valence electrons. The molecule has 5 nitrogen and oxygen atoms in total. The third-order valence-corrected chi connectivity index (χ3v) is 3.06. The normalized spacial score (nSPS) is 40.0. The summed E-state index contributed by atoms with van der Waals surface area (Å²) in [5.74, 6) is 0.145. The Morgan fingerprint density at radius 3 is 2.54 bits per heavy atom. The highest BCUT2D eigenvalue weighted by Gasteiger charge is 2.37. The van der Waals surface area contributed by atoms with Crippen LogP contribution in [0.1, 0.15) is 6.92 Å². The van der Waals surface area contributed by atoms with Gasteiger partial charge in [-0.15, -0.1) is 11.8 Å². The first kappa shape index (κ1) is 10.8. The predicted octanol–water partition coefficient (Wildman–Crippen LogP) is -1.72. The third kappa shape index (κ3) is 2.57. The summed E-state index contributed by atoms with van der Waals surface area (Å²) in [5.41, 5.74) is -0.972. The van der Waals surface area contributed by atoms with Crippen molar-refractivity contribution >= 4 is 17.7 Å². The standard InChI is InChI=1S/C7H13NO4S/c1-3(9)8-4-2-13-7(12)6(11)5(4)10/h4-7,10-12H,2H2,1H3,(H,8,9)/t4-,5+,6+,7?/m0/s1. The van der Waals surface area contributed by atoms with E-state index in [1.807, 2.05) is 0 Å². The zero-order chi connectivity index (χ0) is 10.0. The molecule has 1 amide bonds. The van der Waals surface area contributed by atoms with Crippen molar-refractivity contribution in [1.29, 1.82) is 0 Å². The zero-order valence-corrected chi connectivity index (χ0v) is 7.99. The Kier molecular flexibility index (Phi) is 3.55. The molecule has 0 spiro atoms. The number of aliphatic hydroxyl groups excluding tert-OH is 3. The number of thioether (sulfide) groups is 1. The second-order valence-electron chi connectivity index (χ2n) is 3.01. The molecule has 1 rings (SSSR count). The number of aliphatic hydroxyl groups is 3. The lowest BCUT2D eigenvalue weighted by Gasteiger charge is -2.34. The molecule has 1 fully saturated rings. The molecule has 0 radical (unpaired) electrons. The van der Waals surface area contributed by atoms with Gasteiger partial charge in [0.2, 0.25) is 5.91 Å². The molecule has 0 aliphatic carbocycles. The van der Waals surface area contributed by atoms with E-state index in [0.717, 1.165) is 11.8 Å². The van der Waals surface area contributed by atoms with Crippen LogP contribution < -0.4 is 5.32 Å². The average Bonchev–Trinajstić information content (AvgIpc) is 2.06. The maximum atomic E-state index is 10.7. The van der Waals surface area contributed by atoms with Gasteiger partial charge in [-0.05, 0) is 0 Å². The van der Waals surface area contributed by atoms with Crippen molar-refractivity contribution in [3.05, 3.63) is 0 Å². The maximum Gasteiger partial charge on any atom is 0.217 e. The van der Waals surface area contributed by atoms with E-state index in [0.29, 0.717) is 5.75 Å². The highest BCUT2D eigenvalue weighted by molar-refractivity contribution is 7.99. The maximum absolute atomic E-state index is 10.7. The minimum absolute atomic E-state index is 0.256. The van der Waals surface area contributed by atoms with Gasteiger partial charge in [0.05, 0.1) is 6.04 Å². The van der Waals surface area contributed by atoms with Crippen molar-refractivity contribution in [3.63, 3.8) is 0 Å². The fourth-order valence-electron chi connectivity index (χ4n) is 1.19. The third-order valence-electron chi connectivity index (χ3n) is 1.89. The SMILES string of the molecule is CC(=O)N[C@H]1CSC(O)[C@H](O)[C@@H]1O. The van der Waals surface area contributed by atoms with Crippen LogP contribution in [0.3, 0.4) is 0 Å². The monoisotopic (exact) mass is 207 g/mol. The van der Waals surface area contributed by atoms with Crippen molar-refractivity contribution in [2.24, 2.45) is 0 Å². The van der Waals surface area contributed by atoms with Gasteiger partial charge in [0, 0.05) is 12.7 Å². The van der Waals surface area contributed by atoms with E-state index in [-0.39, 0.29) is 5.91 Å². The number of rotatable bonds is 1. The number of hydrogen-bond acceptors (Lipinski definition) is 5. The van der Waals surface area contributed by atoms with Crippen molar-refractivity contribution < 1.29 is 20.1 Å². The van der Waals surface area contributed by atoms with Gasteiger partial charge in [0.25, 0.3) is 0 Å². The Balaban J connectivity index is 2.53. The van der Waals surface area contributed by atoms with Gasteiger partial charge in [-0.3, -0.25) is 4.79 Å². The summed E-state index contributed by atoms with van der Waals surface area (Å²) in [7, 11) is 0. The molecule has 6 heteroatoms.